The maximum atomic E-state index is 11.7. The van der Waals surface area contributed by atoms with E-state index in [-0.39, 0.29) is 24.9 Å². The molecule has 0 aliphatic rings. The number of nitrogens with two attached hydrogens (primary N) is 1. The van der Waals surface area contributed by atoms with Crippen LogP contribution < -0.4 is 11.1 Å². The maximum Gasteiger partial charge on any atom is 0.336 e. The first-order valence-corrected chi connectivity index (χ1v) is 8.92. The Kier molecular flexibility index (Phi) is 7.37. The Morgan fingerprint density at radius 3 is 2.54 bits per heavy atom. The lowest BCUT2D eigenvalue weighted by molar-refractivity contribution is -0.155. The summed E-state index contributed by atoms with van der Waals surface area (Å²) in [5.74, 6) is -2.07. The van der Waals surface area contributed by atoms with Gasteiger partial charge in [0, 0.05) is 23.9 Å². The molecule has 134 valence electrons. The van der Waals surface area contributed by atoms with Gasteiger partial charge in [0.15, 0.2) is 0 Å². The van der Waals surface area contributed by atoms with Gasteiger partial charge < -0.3 is 20.9 Å². The Balaban J connectivity index is 2.65. The molecular weight excluding hydrogens is 400 g/mol. The highest BCUT2D eigenvalue weighted by atomic mass is 79.9. The molecule has 0 saturated carbocycles. The number of carbonyl (C=O) groups excluding carboxylic acids is 2. The molecule has 0 aromatic carbocycles. The summed E-state index contributed by atoms with van der Waals surface area (Å²) in [6.07, 6.45) is 0.211. The van der Waals surface area contributed by atoms with Crippen molar-refractivity contribution in [3.05, 3.63) is 20.3 Å². The summed E-state index contributed by atoms with van der Waals surface area (Å²) in [4.78, 5) is 34.4. The van der Waals surface area contributed by atoms with Crippen LogP contribution in [0.3, 0.4) is 0 Å². The number of esters is 1. The minimum absolute atomic E-state index is 0.0362. The topological polar surface area (TPSA) is 119 Å². The number of rotatable bonds is 8. The molecule has 0 spiro atoms. The minimum atomic E-state index is -1.04. The molecular formula is C15H21BrN2O5S. The van der Waals surface area contributed by atoms with Crippen molar-refractivity contribution in [1.29, 1.82) is 0 Å². The van der Waals surface area contributed by atoms with Gasteiger partial charge in [-0.1, -0.05) is 0 Å². The molecule has 1 aromatic heterocycles. The van der Waals surface area contributed by atoms with E-state index in [1.807, 2.05) is 0 Å². The van der Waals surface area contributed by atoms with Gasteiger partial charge in [0.1, 0.15) is 5.60 Å². The second-order valence-electron chi connectivity index (χ2n) is 6.17. The zero-order chi connectivity index (χ0) is 18.5. The van der Waals surface area contributed by atoms with E-state index in [4.69, 9.17) is 15.6 Å². The average molecular weight is 421 g/mol. The number of carboxylic acids is 1. The molecule has 1 heterocycles. The standard InChI is InChI=1S/C15H21BrN2O5S/c1-15(2,3)23-11(19)5-4-10(13(17)20)18-6-8-9(14(21)22)7-24-12(8)16/h7,10,18H,4-6H2,1-3H3,(H2,17,20)(H,21,22). The number of hydrogen-bond acceptors (Lipinski definition) is 6. The number of ether oxygens (including phenoxy) is 1. The Morgan fingerprint density at radius 2 is 2.04 bits per heavy atom. The van der Waals surface area contributed by atoms with E-state index in [1.165, 1.54) is 16.7 Å². The SMILES string of the molecule is CC(C)(C)OC(=O)CCC(NCc1c(C(=O)O)csc1Br)C(N)=O. The monoisotopic (exact) mass is 420 g/mol. The summed E-state index contributed by atoms with van der Waals surface area (Å²) in [6.45, 7) is 5.43. The van der Waals surface area contributed by atoms with Crippen molar-refractivity contribution < 1.29 is 24.2 Å². The van der Waals surface area contributed by atoms with Crippen molar-refractivity contribution in [2.24, 2.45) is 5.73 Å². The van der Waals surface area contributed by atoms with Gasteiger partial charge in [0.2, 0.25) is 5.91 Å². The van der Waals surface area contributed by atoms with Gasteiger partial charge in [-0.25, -0.2) is 4.79 Å². The molecule has 4 N–H and O–H groups in total. The van der Waals surface area contributed by atoms with E-state index in [1.54, 1.807) is 20.8 Å². The van der Waals surface area contributed by atoms with E-state index in [0.717, 1.165) is 0 Å². The van der Waals surface area contributed by atoms with Crippen LogP contribution in [0.25, 0.3) is 0 Å². The first-order valence-electron chi connectivity index (χ1n) is 7.25. The zero-order valence-corrected chi connectivity index (χ0v) is 16.1. The van der Waals surface area contributed by atoms with Gasteiger partial charge in [-0.15, -0.1) is 11.3 Å². The highest BCUT2D eigenvalue weighted by Crippen LogP contribution is 2.28. The number of nitrogens with one attached hydrogen (secondary N) is 1. The number of halogens is 1. The van der Waals surface area contributed by atoms with Crippen LogP contribution in [0.2, 0.25) is 0 Å². The summed E-state index contributed by atoms with van der Waals surface area (Å²) < 4.78 is 5.85. The zero-order valence-electron chi connectivity index (χ0n) is 13.7. The third-order valence-electron chi connectivity index (χ3n) is 3.00. The quantitative estimate of drug-likeness (QED) is 0.554. The highest BCUT2D eigenvalue weighted by molar-refractivity contribution is 9.11. The fourth-order valence-corrected chi connectivity index (χ4v) is 3.35. The number of amides is 1. The van der Waals surface area contributed by atoms with Crippen LogP contribution in [-0.4, -0.2) is 34.6 Å². The molecule has 24 heavy (non-hydrogen) atoms. The Bertz CT molecular complexity index is 624. The number of thiophene rings is 1. The van der Waals surface area contributed by atoms with Gasteiger partial charge in [-0.2, -0.15) is 0 Å². The Hall–Kier alpha value is -1.45. The molecule has 7 nitrogen and oxygen atoms in total. The van der Waals surface area contributed by atoms with Crippen molar-refractivity contribution in [3.8, 4) is 0 Å². The molecule has 0 fully saturated rings. The van der Waals surface area contributed by atoms with Crippen molar-refractivity contribution in [2.75, 3.05) is 0 Å². The van der Waals surface area contributed by atoms with Gasteiger partial charge >= 0.3 is 11.9 Å². The number of carbonyl (C=O) groups is 3. The molecule has 1 amide bonds. The van der Waals surface area contributed by atoms with Crippen LogP contribution in [0.4, 0.5) is 0 Å². The molecule has 1 rings (SSSR count). The molecule has 9 heteroatoms. The van der Waals surface area contributed by atoms with Crippen LogP contribution in [0.5, 0.6) is 0 Å². The minimum Gasteiger partial charge on any atom is -0.478 e. The third kappa shape index (κ3) is 6.58. The first kappa shape index (κ1) is 20.6. The molecule has 0 bridgehead atoms. The average Bonchev–Trinajstić information content (AvgIpc) is 2.77. The second kappa shape index (κ2) is 8.59. The van der Waals surface area contributed by atoms with Crippen LogP contribution >= 0.6 is 27.3 Å². The third-order valence-corrected chi connectivity index (χ3v) is 4.85. The molecule has 0 aliphatic carbocycles. The Labute approximate surface area is 152 Å². The molecule has 0 radical (unpaired) electrons. The Morgan fingerprint density at radius 1 is 1.42 bits per heavy atom. The maximum absolute atomic E-state index is 11.7. The van der Waals surface area contributed by atoms with Gasteiger partial charge in [0.05, 0.1) is 15.4 Å². The largest absolute Gasteiger partial charge is 0.478 e. The van der Waals surface area contributed by atoms with E-state index in [2.05, 4.69) is 21.2 Å². The fraction of sp³-hybridized carbons (Fsp3) is 0.533. The van der Waals surface area contributed by atoms with Crippen LogP contribution in [-0.2, 0) is 20.9 Å². The van der Waals surface area contributed by atoms with E-state index in [9.17, 15) is 14.4 Å². The molecule has 0 saturated heterocycles. The predicted molar refractivity (Wildman–Crippen MR) is 93.9 cm³/mol. The number of aromatic carboxylic acids is 1. The van der Waals surface area contributed by atoms with E-state index >= 15 is 0 Å². The molecule has 1 atom stereocenters. The fourth-order valence-electron chi connectivity index (χ4n) is 1.93. The first-order chi connectivity index (χ1) is 11.0. The van der Waals surface area contributed by atoms with Crippen molar-refractivity contribution in [1.82, 2.24) is 5.32 Å². The van der Waals surface area contributed by atoms with E-state index in [0.29, 0.717) is 9.35 Å². The van der Waals surface area contributed by atoms with Gasteiger partial charge in [0.25, 0.3) is 0 Å². The lowest BCUT2D eigenvalue weighted by Gasteiger charge is -2.20. The highest BCUT2D eigenvalue weighted by Gasteiger charge is 2.22. The summed E-state index contributed by atoms with van der Waals surface area (Å²) in [5, 5.41) is 13.6. The van der Waals surface area contributed by atoms with Crippen LogP contribution in [0.1, 0.15) is 49.5 Å². The normalized spacial score (nSPS) is 12.7. The summed E-state index contributed by atoms with van der Waals surface area (Å²) in [6, 6.07) is -0.758. The predicted octanol–water partition coefficient (Wildman–Crippen LogP) is 2.27. The second-order valence-corrected chi connectivity index (χ2v) is 8.37. The van der Waals surface area contributed by atoms with Gasteiger partial charge in [-0.05, 0) is 43.1 Å². The smallest absolute Gasteiger partial charge is 0.336 e. The molecule has 0 aliphatic heterocycles. The van der Waals surface area contributed by atoms with Gasteiger partial charge in [-0.3, -0.25) is 9.59 Å². The molecule has 1 aromatic rings. The lowest BCUT2D eigenvalue weighted by atomic mass is 10.1. The lowest BCUT2D eigenvalue weighted by Crippen LogP contribution is -2.41. The van der Waals surface area contributed by atoms with Crippen molar-refractivity contribution in [2.45, 2.75) is 51.8 Å². The summed E-state index contributed by atoms with van der Waals surface area (Å²) in [7, 11) is 0. The number of hydrogen-bond donors (Lipinski definition) is 3. The van der Waals surface area contributed by atoms with Crippen molar-refractivity contribution in [3.63, 3.8) is 0 Å². The number of primary amides is 1. The van der Waals surface area contributed by atoms with Crippen LogP contribution in [0, 0.1) is 0 Å². The molecule has 1 unspecified atom stereocenters. The van der Waals surface area contributed by atoms with Crippen LogP contribution in [0.15, 0.2) is 9.17 Å². The number of carboxylic acid groups (broad SMARTS) is 1. The van der Waals surface area contributed by atoms with E-state index < -0.39 is 29.5 Å². The summed E-state index contributed by atoms with van der Waals surface area (Å²) >= 11 is 4.54. The van der Waals surface area contributed by atoms with Crippen molar-refractivity contribution >= 4 is 45.1 Å². The summed E-state index contributed by atoms with van der Waals surface area (Å²) in [5.41, 5.74) is 5.45.